The van der Waals surface area contributed by atoms with E-state index < -0.39 is 5.56 Å². The van der Waals surface area contributed by atoms with Crippen molar-refractivity contribution in [3.8, 4) is 17.3 Å². The second-order valence-electron chi connectivity index (χ2n) is 6.40. The fourth-order valence-corrected chi connectivity index (χ4v) is 3.68. The Morgan fingerprint density at radius 1 is 1.31 bits per heavy atom. The van der Waals surface area contributed by atoms with Crippen LogP contribution in [0.15, 0.2) is 28.2 Å². The number of nitriles is 1. The van der Waals surface area contributed by atoms with E-state index in [0.717, 1.165) is 31.5 Å². The number of aromatic nitrogens is 2. The number of thioether (sulfide) groups is 1. The van der Waals surface area contributed by atoms with Crippen LogP contribution >= 0.6 is 11.8 Å². The van der Waals surface area contributed by atoms with Gasteiger partial charge in [0.15, 0.2) is 5.16 Å². The minimum Gasteiger partial charge on any atom is -0.300 e. The average molecular weight is 372 g/mol. The Labute approximate surface area is 156 Å². The summed E-state index contributed by atoms with van der Waals surface area (Å²) in [7, 11) is 0. The van der Waals surface area contributed by atoms with Gasteiger partial charge in [0.1, 0.15) is 17.4 Å². The highest BCUT2D eigenvalue weighted by molar-refractivity contribution is 7.98. The molecule has 1 N–H and O–H groups in total. The molecule has 0 spiro atoms. The van der Waals surface area contributed by atoms with Crippen LogP contribution in [0.5, 0.6) is 0 Å². The molecule has 0 aliphatic carbocycles. The summed E-state index contributed by atoms with van der Waals surface area (Å²) < 4.78 is 13.9. The van der Waals surface area contributed by atoms with Gasteiger partial charge in [-0.1, -0.05) is 24.6 Å². The second-order valence-corrected chi connectivity index (χ2v) is 7.20. The Kier molecular flexibility index (Phi) is 6.07. The summed E-state index contributed by atoms with van der Waals surface area (Å²) in [5.74, 6) is -0.327. The number of likely N-dealkylation sites (tertiary alicyclic amines) is 1. The Morgan fingerprint density at radius 2 is 2.04 bits per heavy atom. The lowest BCUT2D eigenvalue weighted by molar-refractivity contribution is 0.277. The van der Waals surface area contributed by atoms with Gasteiger partial charge in [0.25, 0.3) is 5.56 Å². The highest BCUT2D eigenvalue weighted by Crippen LogP contribution is 2.27. The molecule has 0 amide bonds. The SMILES string of the molecule is CSc1nc(-c2ccc(F)cc2CN2CCCCCC2)c(C#N)c(=O)[nH]1. The van der Waals surface area contributed by atoms with E-state index in [0.29, 0.717) is 23.0 Å². The molecule has 7 heteroatoms. The van der Waals surface area contributed by atoms with Crippen molar-refractivity contribution in [2.45, 2.75) is 37.4 Å². The van der Waals surface area contributed by atoms with Crippen molar-refractivity contribution in [3.63, 3.8) is 0 Å². The molecule has 1 aromatic heterocycles. The fourth-order valence-electron chi connectivity index (χ4n) is 3.31. The van der Waals surface area contributed by atoms with Gasteiger partial charge in [-0.2, -0.15) is 5.26 Å². The standard InChI is InChI=1S/C19H21FN4OS/c1-26-19-22-17(16(11-21)18(25)23-19)15-7-6-14(20)10-13(15)12-24-8-4-2-3-5-9-24/h6-7,10H,2-5,8-9,12H2,1H3,(H,22,23,25). The first kappa shape index (κ1) is 18.6. The van der Waals surface area contributed by atoms with Crippen LogP contribution in [0, 0.1) is 17.1 Å². The molecule has 0 bridgehead atoms. The summed E-state index contributed by atoms with van der Waals surface area (Å²) >= 11 is 1.30. The maximum Gasteiger partial charge on any atom is 0.270 e. The van der Waals surface area contributed by atoms with Crippen LogP contribution in [0.2, 0.25) is 0 Å². The lowest BCUT2D eigenvalue weighted by atomic mass is 10.0. The Morgan fingerprint density at radius 3 is 2.69 bits per heavy atom. The molecular formula is C19H21FN4OS. The van der Waals surface area contributed by atoms with Gasteiger partial charge in [-0.05, 0) is 55.9 Å². The molecule has 2 aromatic rings. The molecule has 1 saturated heterocycles. The molecule has 5 nitrogen and oxygen atoms in total. The van der Waals surface area contributed by atoms with Crippen molar-refractivity contribution in [1.29, 1.82) is 5.26 Å². The molecule has 1 aliphatic heterocycles. The van der Waals surface area contributed by atoms with Crippen LogP contribution < -0.4 is 5.56 Å². The molecule has 1 aromatic carbocycles. The van der Waals surface area contributed by atoms with Gasteiger partial charge in [-0.3, -0.25) is 9.69 Å². The van der Waals surface area contributed by atoms with Crippen LogP contribution in [-0.2, 0) is 6.54 Å². The number of rotatable bonds is 4. The smallest absolute Gasteiger partial charge is 0.270 e. The number of H-pyrrole nitrogens is 1. The Balaban J connectivity index is 2.07. The highest BCUT2D eigenvalue weighted by Gasteiger charge is 2.19. The molecule has 0 radical (unpaired) electrons. The van der Waals surface area contributed by atoms with E-state index in [-0.39, 0.29) is 11.4 Å². The number of aromatic amines is 1. The minimum atomic E-state index is -0.466. The van der Waals surface area contributed by atoms with E-state index in [1.807, 2.05) is 6.07 Å². The van der Waals surface area contributed by atoms with E-state index in [1.165, 1.54) is 36.7 Å². The van der Waals surface area contributed by atoms with Crippen LogP contribution in [0.4, 0.5) is 4.39 Å². The topological polar surface area (TPSA) is 72.8 Å². The number of halogens is 1. The molecule has 0 saturated carbocycles. The number of hydrogen-bond donors (Lipinski definition) is 1. The predicted molar refractivity (Wildman–Crippen MR) is 100 cm³/mol. The van der Waals surface area contributed by atoms with E-state index in [1.54, 1.807) is 12.3 Å². The van der Waals surface area contributed by atoms with Gasteiger partial charge in [-0.25, -0.2) is 9.37 Å². The predicted octanol–water partition coefficient (Wildman–Crippen LogP) is 3.55. The van der Waals surface area contributed by atoms with Gasteiger partial charge >= 0.3 is 0 Å². The summed E-state index contributed by atoms with van der Waals surface area (Å²) in [5.41, 5.74) is 1.23. The molecule has 1 aliphatic rings. The van der Waals surface area contributed by atoms with Crippen LogP contribution in [0.25, 0.3) is 11.3 Å². The maximum atomic E-state index is 13.9. The lowest BCUT2D eigenvalue weighted by Crippen LogP contribution is -2.24. The van der Waals surface area contributed by atoms with Gasteiger partial charge in [0.05, 0.1) is 5.69 Å². The third-order valence-corrected chi connectivity index (χ3v) is 5.20. The molecule has 0 atom stereocenters. The van der Waals surface area contributed by atoms with Gasteiger partial charge in [0.2, 0.25) is 0 Å². The zero-order valence-corrected chi connectivity index (χ0v) is 15.5. The van der Waals surface area contributed by atoms with E-state index in [9.17, 15) is 14.4 Å². The highest BCUT2D eigenvalue weighted by atomic mass is 32.2. The molecule has 1 fully saturated rings. The van der Waals surface area contributed by atoms with E-state index in [2.05, 4.69) is 14.9 Å². The zero-order valence-electron chi connectivity index (χ0n) is 14.7. The van der Waals surface area contributed by atoms with Crippen molar-refractivity contribution < 1.29 is 4.39 Å². The third kappa shape index (κ3) is 4.14. The van der Waals surface area contributed by atoms with E-state index >= 15 is 0 Å². The normalized spacial score (nSPS) is 15.4. The first-order valence-electron chi connectivity index (χ1n) is 8.72. The summed E-state index contributed by atoms with van der Waals surface area (Å²) in [5, 5.41) is 9.87. The fraction of sp³-hybridized carbons (Fsp3) is 0.421. The monoisotopic (exact) mass is 372 g/mol. The largest absolute Gasteiger partial charge is 0.300 e. The van der Waals surface area contributed by atoms with Gasteiger partial charge < -0.3 is 4.98 Å². The number of nitrogens with zero attached hydrogens (tertiary/aromatic N) is 3. The minimum absolute atomic E-state index is 0.0356. The molecule has 136 valence electrons. The molecular weight excluding hydrogens is 351 g/mol. The third-order valence-electron chi connectivity index (χ3n) is 4.62. The summed E-state index contributed by atoms with van der Waals surface area (Å²) in [6, 6.07) is 6.41. The molecule has 26 heavy (non-hydrogen) atoms. The lowest BCUT2D eigenvalue weighted by Gasteiger charge is -2.21. The van der Waals surface area contributed by atoms with Crippen molar-refractivity contribution in [2.24, 2.45) is 0 Å². The van der Waals surface area contributed by atoms with Crippen molar-refractivity contribution >= 4 is 11.8 Å². The van der Waals surface area contributed by atoms with Crippen molar-refractivity contribution in [1.82, 2.24) is 14.9 Å². The van der Waals surface area contributed by atoms with Crippen LogP contribution in [-0.4, -0.2) is 34.2 Å². The second kappa shape index (κ2) is 8.47. The zero-order chi connectivity index (χ0) is 18.5. The van der Waals surface area contributed by atoms with Crippen LogP contribution in [0.3, 0.4) is 0 Å². The summed E-state index contributed by atoms with van der Waals surface area (Å²) in [4.78, 5) is 21.6. The van der Waals surface area contributed by atoms with Crippen molar-refractivity contribution in [3.05, 3.63) is 45.5 Å². The molecule has 3 rings (SSSR count). The maximum absolute atomic E-state index is 13.9. The van der Waals surface area contributed by atoms with Crippen LogP contribution in [0.1, 0.15) is 36.8 Å². The first-order chi connectivity index (χ1) is 12.6. The number of nitrogens with one attached hydrogen (secondary N) is 1. The quantitative estimate of drug-likeness (QED) is 0.656. The first-order valence-corrected chi connectivity index (χ1v) is 9.94. The summed E-state index contributed by atoms with van der Waals surface area (Å²) in [6.07, 6.45) is 6.51. The summed E-state index contributed by atoms with van der Waals surface area (Å²) in [6.45, 7) is 2.53. The van der Waals surface area contributed by atoms with Crippen molar-refractivity contribution in [2.75, 3.05) is 19.3 Å². The molecule has 2 heterocycles. The number of benzene rings is 1. The average Bonchev–Trinajstić information content (AvgIpc) is 2.90. The number of hydrogen-bond acceptors (Lipinski definition) is 5. The van der Waals surface area contributed by atoms with Gasteiger partial charge in [-0.15, -0.1) is 0 Å². The molecule has 0 unspecified atom stereocenters. The van der Waals surface area contributed by atoms with Gasteiger partial charge in [0, 0.05) is 12.1 Å². The Hall–Kier alpha value is -2.17. The Bertz CT molecular complexity index is 882. The van der Waals surface area contributed by atoms with E-state index in [4.69, 9.17) is 0 Å².